The van der Waals surface area contributed by atoms with Gasteiger partial charge in [0.15, 0.2) is 0 Å². The van der Waals surface area contributed by atoms with Gasteiger partial charge in [0.05, 0.1) is 6.42 Å². The molecule has 4 heteroatoms. The van der Waals surface area contributed by atoms with Crippen molar-refractivity contribution in [3.05, 3.63) is 21.9 Å². The van der Waals surface area contributed by atoms with Crippen molar-refractivity contribution in [2.24, 2.45) is 0 Å². The van der Waals surface area contributed by atoms with Crippen molar-refractivity contribution in [2.75, 3.05) is 6.54 Å². The van der Waals surface area contributed by atoms with Gasteiger partial charge in [-0.1, -0.05) is 6.92 Å². The molecule has 0 aliphatic heterocycles. The van der Waals surface area contributed by atoms with E-state index >= 15 is 0 Å². The fourth-order valence-corrected chi connectivity index (χ4v) is 2.64. The predicted octanol–water partition coefficient (Wildman–Crippen LogP) is 3.00. The predicted molar refractivity (Wildman–Crippen MR) is 71.5 cm³/mol. The first kappa shape index (κ1) is 14.2. The summed E-state index contributed by atoms with van der Waals surface area (Å²) in [5.74, 6) is -0.726. The Hall–Kier alpha value is -0.870. The second kappa shape index (κ2) is 6.77. The number of carboxylic acid groups (broad SMARTS) is 1. The van der Waals surface area contributed by atoms with E-state index < -0.39 is 5.97 Å². The fraction of sp³-hybridized carbons (Fsp3) is 0.615. The number of nitrogens with zero attached hydrogens (tertiary/aromatic N) is 1. The van der Waals surface area contributed by atoms with Crippen LogP contribution < -0.4 is 0 Å². The molecule has 96 valence electrons. The molecule has 0 radical (unpaired) electrons. The summed E-state index contributed by atoms with van der Waals surface area (Å²) < 4.78 is 0. The van der Waals surface area contributed by atoms with Crippen LogP contribution in [0.1, 0.15) is 36.9 Å². The van der Waals surface area contributed by atoms with E-state index in [9.17, 15) is 4.79 Å². The summed E-state index contributed by atoms with van der Waals surface area (Å²) in [6.45, 7) is 7.84. The highest BCUT2D eigenvalue weighted by atomic mass is 32.1. The Labute approximate surface area is 107 Å². The number of carbonyl (C=O) groups is 1. The zero-order valence-electron chi connectivity index (χ0n) is 10.8. The van der Waals surface area contributed by atoms with Crippen LogP contribution in [0.15, 0.2) is 12.1 Å². The second-order valence-corrected chi connectivity index (χ2v) is 5.68. The number of thiophene rings is 1. The van der Waals surface area contributed by atoms with E-state index in [4.69, 9.17) is 5.11 Å². The maximum absolute atomic E-state index is 10.6. The van der Waals surface area contributed by atoms with Crippen LogP contribution in [-0.4, -0.2) is 28.6 Å². The minimum atomic E-state index is -0.726. The van der Waals surface area contributed by atoms with Crippen LogP contribution in [0.4, 0.5) is 0 Å². The lowest BCUT2D eigenvalue weighted by molar-refractivity contribution is -0.137. The molecule has 3 nitrogen and oxygen atoms in total. The molecule has 0 aliphatic carbocycles. The highest BCUT2D eigenvalue weighted by Gasteiger charge is 2.12. The summed E-state index contributed by atoms with van der Waals surface area (Å²) in [4.78, 5) is 15.5. The Bertz CT molecular complexity index is 360. The topological polar surface area (TPSA) is 40.5 Å². The molecule has 0 saturated heterocycles. The van der Waals surface area contributed by atoms with E-state index in [1.165, 1.54) is 9.75 Å². The monoisotopic (exact) mass is 255 g/mol. The highest BCUT2D eigenvalue weighted by molar-refractivity contribution is 7.11. The van der Waals surface area contributed by atoms with Crippen molar-refractivity contribution < 1.29 is 9.90 Å². The maximum Gasteiger partial charge on any atom is 0.304 e. The van der Waals surface area contributed by atoms with Gasteiger partial charge in [-0.05, 0) is 32.4 Å². The molecule has 0 amide bonds. The third-order valence-corrected chi connectivity index (χ3v) is 3.98. The first-order valence-corrected chi connectivity index (χ1v) is 6.88. The van der Waals surface area contributed by atoms with Crippen molar-refractivity contribution in [1.82, 2.24) is 4.90 Å². The smallest absolute Gasteiger partial charge is 0.304 e. The van der Waals surface area contributed by atoms with Crippen LogP contribution >= 0.6 is 11.3 Å². The summed E-state index contributed by atoms with van der Waals surface area (Å²) in [5.41, 5.74) is 0. The Kier molecular flexibility index (Phi) is 5.65. The second-order valence-electron chi connectivity index (χ2n) is 4.43. The molecular formula is C13H21NO2S. The van der Waals surface area contributed by atoms with Crippen molar-refractivity contribution in [3.63, 3.8) is 0 Å². The van der Waals surface area contributed by atoms with E-state index in [1.807, 2.05) is 11.3 Å². The van der Waals surface area contributed by atoms with Gasteiger partial charge in [-0.2, -0.15) is 0 Å². The lowest BCUT2D eigenvalue weighted by Crippen LogP contribution is -2.32. The van der Waals surface area contributed by atoms with Crippen LogP contribution in [0, 0.1) is 0 Å². The van der Waals surface area contributed by atoms with Gasteiger partial charge < -0.3 is 5.11 Å². The van der Waals surface area contributed by atoms with E-state index in [0.29, 0.717) is 12.6 Å². The molecule has 1 heterocycles. The lowest BCUT2D eigenvalue weighted by Gasteiger charge is -2.25. The van der Waals surface area contributed by atoms with E-state index in [1.54, 1.807) is 0 Å². The van der Waals surface area contributed by atoms with Gasteiger partial charge in [-0.15, -0.1) is 11.3 Å². The summed E-state index contributed by atoms with van der Waals surface area (Å²) in [5, 5.41) is 8.73. The van der Waals surface area contributed by atoms with Gasteiger partial charge in [0, 0.05) is 28.9 Å². The molecule has 0 bridgehead atoms. The van der Waals surface area contributed by atoms with Crippen molar-refractivity contribution in [2.45, 2.75) is 46.2 Å². The number of rotatable bonds is 7. The molecule has 0 spiro atoms. The van der Waals surface area contributed by atoms with E-state index in [-0.39, 0.29) is 6.42 Å². The van der Waals surface area contributed by atoms with Crippen molar-refractivity contribution in [1.29, 1.82) is 0 Å². The van der Waals surface area contributed by atoms with Gasteiger partial charge in [-0.25, -0.2) is 0 Å². The fourth-order valence-electron chi connectivity index (χ4n) is 1.66. The Balaban J connectivity index is 2.56. The highest BCUT2D eigenvalue weighted by Crippen LogP contribution is 2.19. The molecule has 0 aliphatic rings. The minimum Gasteiger partial charge on any atom is -0.481 e. The van der Waals surface area contributed by atoms with Gasteiger partial charge in [-0.3, -0.25) is 9.69 Å². The Morgan fingerprint density at radius 2 is 2.06 bits per heavy atom. The summed E-state index contributed by atoms with van der Waals surface area (Å²) >= 11 is 1.82. The quantitative estimate of drug-likeness (QED) is 0.814. The molecule has 1 aromatic rings. The number of hydrogen-bond donors (Lipinski definition) is 1. The molecule has 0 atom stereocenters. The molecule has 1 rings (SSSR count). The third-order valence-electron chi connectivity index (χ3n) is 2.77. The number of aliphatic carboxylic acids is 1. The normalized spacial score (nSPS) is 11.4. The first-order valence-electron chi connectivity index (χ1n) is 6.06. The number of aryl methyl sites for hydroxylation is 1. The SMILES string of the molecule is CCc1ccc(CN(CCC(=O)O)C(C)C)s1. The zero-order chi connectivity index (χ0) is 12.8. The average molecular weight is 255 g/mol. The van der Waals surface area contributed by atoms with Gasteiger partial charge in [0.25, 0.3) is 0 Å². The van der Waals surface area contributed by atoms with Crippen LogP contribution in [0.5, 0.6) is 0 Å². The minimum absolute atomic E-state index is 0.212. The molecule has 1 aromatic heterocycles. The number of carboxylic acids is 1. The molecular weight excluding hydrogens is 234 g/mol. The molecule has 1 N–H and O–H groups in total. The van der Waals surface area contributed by atoms with Crippen LogP contribution in [0.25, 0.3) is 0 Å². The van der Waals surface area contributed by atoms with E-state index in [0.717, 1.165) is 13.0 Å². The van der Waals surface area contributed by atoms with Gasteiger partial charge in [0.1, 0.15) is 0 Å². The standard InChI is InChI=1S/C13H21NO2S/c1-4-11-5-6-12(17-11)9-14(10(2)3)8-7-13(15)16/h5-6,10H,4,7-9H2,1-3H3,(H,15,16). The first-order chi connectivity index (χ1) is 8.02. The van der Waals surface area contributed by atoms with E-state index in [2.05, 4.69) is 37.8 Å². The summed E-state index contributed by atoms with van der Waals surface area (Å²) in [6.07, 6.45) is 1.28. The largest absolute Gasteiger partial charge is 0.481 e. The third kappa shape index (κ3) is 4.88. The van der Waals surface area contributed by atoms with Gasteiger partial charge in [0.2, 0.25) is 0 Å². The van der Waals surface area contributed by atoms with Crippen LogP contribution in [0.2, 0.25) is 0 Å². The average Bonchev–Trinajstić information content (AvgIpc) is 2.71. The molecule has 0 unspecified atom stereocenters. The molecule has 0 saturated carbocycles. The molecule has 17 heavy (non-hydrogen) atoms. The maximum atomic E-state index is 10.6. The molecule has 0 fully saturated rings. The van der Waals surface area contributed by atoms with Crippen LogP contribution in [0.3, 0.4) is 0 Å². The number of hydrogen-bond acceptors (Lipinski definition) is 3. The zero-order valence-corrected chi connectivity index (χ0v) is 11.6. The summed E-state index contributed by atoms with van der Waals surface area (Å²) in [6, 6.07) is 4.69. The Morgan fingerprint density at radius 1 is 1.41 bits per heavy atom. The Morgan fingerprint density at radius 3 is 2.53 bits per heavy atom. The lowest BCUT2D eigenvalue weighted by atomic mass is 10.2. The van der Waals surface area contributed by atoms with Crippen molar-refractivity contribution in [3.8, 4) is 0 Å². The molecule has 0 aromatic carbocycles. The van der Waals surface area contributed by atoms with Crippen molar-refractivity contribution >= 4 is 17.3 Å². The van der Waals surface area contributed by atoms with Gasteiger partial charge >= 0.3 is 5.97 Å². The summed E-state index contributed by atoms with van der Waals surface area (Å²) in [7, 11) is 0. The van der Waals surface area contributed by atoms with Crippen LogP contribution in [-0.2, 0) is 17.8 Å².